The molecule has 1 atom stereocenters. The summed E-state index contributed by atoms with van der Waals surface area (Å²) in [4.78, 5) is 35.2. The van der Waals surface area contributed by atoms with Crippen LogP contribution in [0.15, 0.2) is 78.3 Å². The predicted molar refractivity (Wildman–Crippen MR) is 157 cm³/mol. The van der Waals surface area contributed by atoms with E-state index in [0.29, 0.717) is 30.1 Å². The van der Waals surface area contributed by atoms with Crippen LogP contribution in [0.2, 0.25) is 0 Å². The van der Waals surface area contributed by atoms with Crippen LogP contribution in [0.25, 0.3) is 0 Å². The number of hydrogen-bond acceptors (Lipinski definition) is 8. The van der Waals surface area contributed by atoms with Crippen molar-refractivity contribution in [2.24, 2.45) is 11.5 Å². The minimum absolute atomic E-state index is 0.122. The summed E-state index contributed by atoms with van der Waals surface area (Å²) in [6, 6.07) is 16.8. The zero-order valence-corrected chi connectivity index (χ0v) is 23.2. The van der Waals surface area contributed by atoms with E-state index in [1.165, 1.54) is 11.3 Å². The van der Waals surface area contributed by atoms with Crippen molar-refractivity contribution in [3.8, 4) is 0 Å². The number of benzene rings is 2. The van der Waals surface area contributed by atoms with Crippen molar-refractivity contribution in [2.45, 2.75) is 51.5 Å². The van der Waals surface area contributed by atoms with Gasteiger partial charge in [0.1, 0.15) is 10.8 Å². The van der Waals surface area contributed by atoms with Crippen LogP contribution in [-0.4, -0.2) is 28.4 Å². The third-order valence-electron chi connectivity index (χ3n) is 5.92. The lowest BCUT2D eigenvalue weighted by Crippen LogP contribution is -2.28. The third kappa shape index (κ3) is 10.7. The van der Waals surface area contributed by atoms with Crippen LogP contribution < -0.4 is 27.4 Å². The Morgan fingerprint density at radius 1 is 0.950 bits per heavy atom. The van der Waals surface area contributed by atoms with E-state index in [4.69, 9.17) is 11.5 Å². The summed E-state index contributed by atoms with van der Waals surface area (Å²) < 4.78 is 0. The molecule has 0 saturated heterocycles. The Morgan fingerprint density at radius 3 is 2.48 bits per heavy atom. The molecule has 7 N–H and O–H groups in total. The van der Waals surface area contributed by atoms with Gasteiger partial charge in [-0.2, -0.15) is 0 Å². The fourth-order valence-electron chi connectivity index (χ4n) is 3.84. The van der Waals surface area contributed by atoms with E-state index in [1.807, 2.05) is 61.5 Å². The average Bonchev–Trinajstić information content (AvgIpc) is 3.37. The van der Waals surface area contributed by atoms with Crippen molar-refractivity contribution in [1.82, 2.24) is 20.8 Å². The van der Waals surface area contributed by atoms with Crippen LogP contribution in [-0.2, 0) is 33.6 Å². The summed E-state index contributed by atoms with van der Waals surface area (Å²) in [5, 5.41) is 17.7. The molecule has 210 valence electrons. The van der Waals surface area contributed by atoms with Gasteiger partial charge in [0.2, 0.25) is 23.4 Å². The number of nitrogens with one attached hydrogen (secondary N) is 3. The summed E-state index contributed by atoms with van der Waals surface area (Å²) in [7, 11) is 0. The molecule has 0 fully saturated rings. The summed E-state index contributed by atoms with van der Waals surface area (Å²) in [6.45, 7) is 1.87. The quantitative estimate of drug-likeness (QED) is 0.108. The Bertz CT molecular complexity index is 1340. The fraction of sp³-hybridized carbons (Fsp3) is 0.276. The second-order valence-corrected chi connectivity index (χ2v) is 10.3. The molecule has 3 rings (SSSR count). The molecule has 0 aliphatic rings. The normalized spacial score (nSPS) is 12.4. The van der Waals surface area contributed by atoms with Gasteiger partial charge in [-0.1, -0.05) is 65.9 Å². The lowest BCUT2D eigenvalue weighted by molar-refractivity contribution is -0.120. The molecule has 2 aromatic carbocycles. The first-order valence-corrected chi connectivity index (χ1v) is 13.8. The number of nitrogens with two attached hydrogens (primary N) is 2. The molecule has 3 amide bonds. The van der Waals surface area contributed by atoms with Gasteiger partial charge in [0.05, 0.1) is 18.9 Å². The molecule has 3 aromatic rings. The number of amides is 3. The number of nitrogens with zero attached hydrogens (tertiary/aromatic N) is 2. The highest BCUT2D eigenvalue weighted by atomic mass is 32.1. The second kappa shape index (κ2) is 15.8. The van der Waals surface area contributed by atoms with Crippen molar-refractivity contribution in [3.63, 3.8) is 0 Å². The van der Waals surface area contributed by atoms with Crippen LogP contribution in [0, 0.1) is 0 Å². The lowest BCUT2D eigenvalue weighted by Gasteiger charge is -2.12. The number of anilines is 1. The molecule has 0 saturated carbocycles. The van der Waals surface area contributed by atoms with E-state index in [1.54, 1.807) is 12.2 Å². The maximum Gasteiger partial charge on any atom is 0.230 e. The summed E-state index contributed by atoms with van der Waals surface area (Å²) in [6.07, 6.45) is 7.46. The first kappa shape index (κ1) is 30.0. The number of allylic oxidation sites excluding steroid dienone is 3. The highest BCUT2D eigenvalue weighted by Crippen LogP contribution is 2.18. The number of carbonyl (C=O) groups is 3. The van der Waals surface area contributed by atoms with Gasteiger partial charge in [-0.15, -0.1) is 10.2 Å². The van der Waals surface area contributed by atoms with Gasteiger partial charge >= 0.3 is 0 Å². The van der Waals surface area contributed by atoms with Crippen LogP contribution >= 0.6 is 11.3 Å². The van der Waals surface area contributed by atoms with Gasteiger partial charge < -0.3 is 27.4 Å². The van der Waals surface area contributed by atoms with E-state index in [-0.39, 0.29) is 30.1 Å². The van der Waals surface area contributed by atoms with Crippen LogP contribution in [0.3, 0.4) is 0 Å². The molecule has 10 nitrogen and oxygen atoms in total. The maximum atomic E-state index is 12.4. The van der Waals surface area contributed by atoms with Crippen molar-refractivity contribution in [1.29, 1.82) is 0 Å². The molecule has 0 radical (unpaired) electrons. The monoisotopic (exact) mass is 561 g/mol. The highest BCUT2D eigenvalue weighted by molar-refractivity contribution is 7.15. The lowest BCUT2D eigenvalue weighted by atomic mass is 10.0. The van der Waals surface area contributed by atoms with E-state index >= 15 is 0 Å². The van der Waals surface area contributed by atoms with E-state index in [9.17, 15) is 14.4 Å². The standard InChI is InChI=1S/C29H35N7O3S/c1-20(32-19-37)23-11-7-10-22(16-23)18-26(38)33-25(31)15-14-24(30)12-5-6-13-28-35-36-29(40-28)34-27(39)17-21-8-3-2-4-9-21/h2-4,7-11,14-16,19-20H,5-6,12-13,17-18,30-31H2,1H3,(H,32,37)(H,33,38)(H,34,36,39)/b24-14-,25-15+. The SMILES string of the molecule is CC(NC=O)c1cccc(CC(=O)N/C(N)=C/C=C(\N)CCCCc2nnc(NC(=O)Cc3ccccc3)s2)c1. The molecular weight excluding hydrogens is 526 g/mol. The molecule has 0 aliphatic carbocycles. The van der Waals surface area contributed by atoms with Crippen molar-refractivity contribution >= 4 is 34.7 Å². The summed E-state index contributed by atoms with van der Waals surface area (Å²) in [5.41, 5.74) is 15.3. The Labute approximate surface area is 238 Å². The number of aromatic nitrogens is 2. The second-order valence-electron chi connectivity index (χ2n) is 9.26. The third-order valence-corrected chi connectivity index (χ3v) is 6.82. The molecule has 1 aromatic heterocycles. The number of hydrogen-bond donors (Lipinski definition) is 5. The molecule has 1 unspecified atom stereocenters. The molecular formula is C29H35N7O3S. The van der Waals surface area contributed by atoms with Gasteiger partial charge in [0.25, 0.3) is 0 Å². The topological polar surface area (TPSA) is 165 Å². The predicted octanol–water partition coefficient (Wildman–Crippen LogP) is 3.24. The van der Waals surface area contributed by atoms with Crippen molar-refractivity contribution in [3.05, 3.63) is 100.0 Å². The summed E-state index contributed by atoms with van der Waals surface area (Å²) in [5.74, 6) is -0.167. The fourth-order valence-corrected chi connectivity index (χ4v) is 4.64. The van der Waals surface area contributed by atoms with Gasteiger partial charge in [0.15, 0.2) is 0 Å². The number of unbranched alkanes of at least 4 members (excludes halogenated alkanes) is 1. The van der Waals surface area contributed by atoms with E-state index in [0.717, 1.165) is 41.0 Å². The minimum atomic E-state index is -0.249. The van der Waals surface area contributed by atoms with Gasteiger partial charge in [-0.3, -0.25) is 14.4 Å². The first-order chi connectivity index (χ1) is 19.3. The van der Waals surface area contributed by atoms with Gasteiger partial charge in [-0.25, -0.2) is 0 Å². The molecule has 11 heteroatoms. The Hall–Kier alpha value is -4.51. The zero-order valence-electron chi connectivity index (χ0n) is 22.4. The molecule has 0 bridgehead atoms. The van der Waals surface area contributed by atoms with Crippen LogP contribution in [0.5, 0.6) is 0 Å². The Balaban J connectivity index is 1.36. The molecule has 0 spiro atoms. The van der Waals surface area contributed by atoms with Crippen molar-refractivity contribution < 1.29 is 14.4 Å². The first-order valence-electron chi connectivity index (χ1n) is 13.0. The van der Waals surface area contributed by atoms with E-state index < -0.39 is 0 Å². The van der Waals surface area contributed by atoms with Gasteiger partial charge in [0, 0.05) is 12.1 Å². The minimum Gasteiger partial charge on any atom is -0.402 e. The highest BCUT2D eigenvalue weighted by Gasteiger charge is 2.10. The van der Waals surface area contributed by atoms with Crippen molar-refractivity contribution in [2.75, 3.05) is 5.32 Å². The van der Waals surface area contributed by atoms with E-state index in [2.05, 4.69) is 26.1 Å². The smallest absolute Gasteiger partial charge is 0.230 e. The zero-order chi connectivity index (χ0) is 28.7. The number of carbonyl (C=O) groups excluding carboxylic acids is 3. The summed E-state index contributed by atoms with van der Waals surface area (Å²) >= 11 is 1.37. The Morgan fingerprint density at radius 2 is 1.70 bits per heavy atom. The molecule has 1 heterocycles. The largest absolute Gasteiger partial charge is 0.402 e. The van der Waals surface area contributed by atoms with Crippen LogP contribution in [0.4, 0.5) is 5.13 Å². The number of rotatable bonds is 15. The van der Waals surface area contributed by atoms with Crippen LogP contribution in [0.1, 0.15) is 53.9 Å². The maximum absolute atomic E-state index is 12.4. The number of aryl methyl sites for hydroxylation is 1. The van der Waals surface area contributed by atoms with Gasteiger partial charge in [-0.05, 0) is 55.0 Å². The molecule has 40 heavy (non-hydrogen) atoms. The Kier molecular flexibility index (Phi) is 11.9. The molecule has 0 aliphatic heterocycles. The average molecular weight is 562 g/mol.